The summed E-state index contributed by atoms with van der Waals surface area (Å²) in [4.78, 5) is 0. The summed E-state index contributed by atoms with van der Waals surface area (Å²) in [5, 5.41) is 0. The molecule has 0 bridgehead atoms. The normalized spacial score (nSPS) is 29.5. The van der Waals surface area contributed by atoms with Gasteiger partial charge in [-0.3, -0.25) is 0 Å². The molecule has 2 aliphatic carbocycles. The summed E-state index contributed by atoms with van der Waals surface area (Å²) < 4.78 is 37.9. The minimum atomic E-state index is -4.09. The number of nitrogens with two attached hydrogens (primary N) is 1. The van der Waals surface area contributed by atoms with Crippen molar-refractivity contribution in [2.24, 2.45) is 17.6 Å². The second kappa shape index (κ2) is 2.62. The zero-order valence-corrected chi connectivity index (χ0v) is 7.40. The quantitative estimate of drug-likeness (QED) is 0.716. The molecule has 0 aromatic rings. The van der Waals surface area contributed by atoms with E-state index < -0.39 is 17.6 Å². The molecule has 1 unspecified atom stereocenters. The van der Waals surface area contributed by atoms with Gasteiger partial charge in [0.25, 0.3) is 0 Å². The lowest BCUT2D eigenvalue weighted by Crippen LogP contribution is -2.48. The number of rotatable bonds is 2. The molecule has 2 N–H and O–H groups in total. The Morgan fingerprint density at radius 1 is 1.23 bits per heavy atom. The summed E-state index contributed by atoms with van der Waals surface area (Å²) in [5.74, 6) is -1.42. The Kier molecular flexibility index (Phi) is 1.88. The summed E-state index contributed by atoms with van der Waals surface area (Å²) in [6.45, 7) is 0. The van der Waals surface area contributed by atoms with E-state index >= 15 is 0 Å². The van der Waals surface area contributed by atoms with Crippen LogP contribution in [0.25, 0.3) is 0 Å². The summed E-state index contributed by atoms with van der Waals surface area (Å²) in [6, 6.07) is 0. The van der Waals surface area contributed by atoms with Crippen LogP contribution in [0.5, 0.6) is 0 Å². The second-order valence-corrected chi connectivity index (χ2v) is 4.44. The average molecular weight is 193 g/mol. The van der Waals surface area contributed by atoms with Crippen LogP contribution < -0.4 is 5.73 Å². The Labute approximate surface area is 75.5 Å². The van der Waals surface area contributed by atoms with E-state index in [0.29, 0.717) is 25.7 Å². The van der Waals surface area contributed by atoms with Crippen LogP contribution in [-0.2, 0) is 0 Å². The molecule has 13 heavy (non-hydrogen) atoms. The van der Waals surface area contributed by atoms with Crippen molar-refractivity contribution in [3.63, 3.8) is 0 Å². The number of hydrogen-bond donors (Lipinski definition) is 1. The van der Waals surface area contributed by atoms with E-state index in [9.17, 15) is 13.2 Å². The van der Waals surface area contributed by atoms with Crippen molar-refractivity contribution < 1.29 is 13.2 Å². The summed E-state index contributed by atoms with van der Waals surface area (Å²) in [7, 11) is 0. The van der Waals surface area contributed by atoms with E-state index in [2.05, 4.69) is 0 Å². The maximum atomic E-state index is 12.6. The Morgan fingerprint density at radius 3 is 2.00 bits per heavy atom. The van der Waals surface area contributed by atoms with Gasteiger partial charge in [0.2, 0.25) is 0 Å². The van der Waals surface area contributed by atoms with Crippen molar-refractivity contribution in [2.45, 2.75) is 43.8 Å². The lowest BCUT2D eigenvalue weighted by molar-refractivity contribution is -0.205. The molecule has 0 saturated heterocycles. The van der Waals surface area contributed by atoms with E-state index in [1.165, 1.54) is 0 Å². The molecule has 0 spiro atoms. The van der Waals surface area contributed by atoms with Crippen LogP contribution in [-0.4, -0.2) is 11.7 Å². The van der Waals surface area contributed by atoms with Crippen LogP contribution in [0.15, 0.2) is 0 Å². The van der Waals surface area contributed by atoms with Crippen molar-refractivity contribution >= 4 is 0 Å². The number of alkyl halides is 3. The standard InChI is InChI=1S/C9H14F3N/c10-9(11,12)7(6-2-1-3-6)8(13)4-5-8/h6-7H,1-5,13H2. The predicted molar refractivity (Wildman–Crippen MR) is 43.0 cm³/mol. The first-order valence-corrected chi connectivity index (χ1v) is 4.79. The highest BCUT2D eigenvalue weighted by Crippen LogP contribution is 2.54. The second-order valence-electron chi connectivity index (χ2n) is 4.44. The van der Waals surface area contributed by atoms with Gasteiger partial charge in [0.15, 0.2) is 0 Å². The van der Waals surface area contributed by atoms with Crippen LogP contribution in [0.4, 0.5) is 13.2 Å². The fourth-order valence-corrected chi connectivity index (χ4v) is 2.29. The molecular weight excluding hydrogens is 179 g/mol. The van der Waals surface area contributed by atoms with Gasteiger partial charge in [-0.15, -0.1) is 0 Å². The number of halogens is 3. The third-order valence-corrected chi connectivity index (χ3v) is 3.42. The molecule has 2 saturated carbocycles. The van der Waals surface area contributed by atoms with Gasteiger partial charge in [0.1, 0.15) is 0 Å². The van der Waals surface area contributed by atoms with Gasteiger partial charge in [0, 0.05) is 5.54 Å². The first kappa shape index (κ1) is 9.31. The van der Waals surface area contributed by atoms with Gasteiger partial charge in [0.05, 0.1) is 5.92 Å². The molecule has 0 aliphatic heterocycles. The third kappa shape index (κ3) is 1.56. The predicted octanol–water partition coefficient (Wildman–Crippen LogP) is 2.46. The monoisotopic (exact) mass is 193 g/mol. The molecule has 0 radical (unpaired) electrons. The van der Waals surface area contributed by atoms with Gasteiger partial charge >= 0.3 is 6.18 Å². The lowest BCUT2D eigenvalue weighted by atomic mass is 9.71. The van der Waals surface area contributed by atoms with Crippen LogP contribution in [0.1, 0.15) is 32.1 Å². The molecule has 2 fully saturated rings. The van der Waals surface area contributed by atoms with Crippen LogP contribution >= 0.6 is 0 Å². The fourth-order valence-electron chi connectivity index (χ4n) is 2.29. The summed E-state index contributed by atoms with van der Waals surface area (Å²) in [6.07, 6.45) is -0.628. The molecule has 4 heteroatoms. The van der Waals surface area contributed by atoms with Crippen molar-refractivity contribution in [3.05, 3.63) is 0 Å². The van der Waals surface area contributed by atoms with Crippen LogP contribution in [0, 0.1) is 11.8 Å². The maximum Gasteiger partial charge on any atom is 0.393 e. The average Bonchev–Trinajstić information content (AvgIpc) is 2.56. The van der Waals surface area contributed by atoms with Crippen molar-refractivity contribution in [1.82, 2.24) is 0 Å². The molecular formula is C9H14F3N. The van der Waals surface area contributed by atoms with Crippen molar-refractivity contribution in [1.29, 1.82) is 0 Å². The van der Waals surface area contributed by atoms with Crippen LogP contribution in [0.3, 0.4) is 0 Å². The highest BCUT2D eigenvalue weighted by Gasteiger charge is 2.61. The maximum absolute atomic E-state index is 12.6. The van der Waals surface area contributed by atoms with Gasteiger partial charge in [-0.2, -0.15) is 13.2 Å². The van der Waals surface area contributed by atoms with E-state index in [0.717, 1.165) is 6.42 Å². The first-order chi connectivity index (χ1) is 5.93. The molecule has 2 rings (SSSR count). The lowest BCUT2D eigenvalue weighted by Gasteiger charge is -2.38. The van der Waals surface area contributed by atoms with Gasteiger partial charge in [-0.05, 0) is 31.6 Å². The zero-order valence-electron chi connectivity index (χ0n) is 7.40. The Morgan fingerprint density at radius 2 is 1.77 bits per heavy atom. The molecule has 76 valence electrons. The zero-order chi connectivity index (χ0) is 9.69. The van der Waals surface area contributed by atoms with E-state index in [1.807, 2.05) is 0 Å². The molecule has 1 atom stereocenters. The highest BCUT2D eigenvalue weighted by molar-refractivity contribution is 5.09. The Bertz CT molecular complexity index is 198. The van der Waals surface area contributed by atoms with Crippen molar-refractivity contribution in [2.75, 3.05) is 0 Å². The minimum absolute atomic E-state index is 0.188. The topological polar surface area (TPSA) is 26.0 Å². The Hall–Kier alpha value is -0.250. The molecule has 0 aromatic carbocycles. The Balaban J connectivity index is 2.11. The van der Waals surface area contributed by atoms with Crippen molar-refractivity contribution in [3.8, 4) is 0 Å². The molecule has 2 aliphatic rings. The smallest absolute Gasteiger partial charge is 0.325 e. The first-order valence-electron chi connectivity index (χ1n) is 4.79. The van der Waals surface area contributed by atoms with Crippen LogP contribution in [0.2, 0.25) is 0 Å². The van der Waals surface area contributed by atoms with E-state index in [-0.39, 0.29) is 5.92 Å². The fraction of sp³-hybridized carbons (Fsp3) is 1.00. The largest absolute Gasteiger partial charge is 0.393 e. The van der Waals surface area contributed by atoms with Gasteiger partial charge in [-0.1, -0.05) is 6.42 Å². The summed E-state index contributed by atoms with van der Waals surface area (Å²) >= 11 is 0. The van der Waals surface area contributed by atoms with E-state index in [4.69, 9.17) is 5.73 Å². The number of hydrogen-bond acceptors (Lipinski definition) is 1. The van der Waals surface area contributed by atoms with Gasteiger partial charge in [-0.25, -0.2) is 0 Å². The molecule has 0 aromatic heterocycles. The molecule has 0 amide bonds. The van der Waals surface area contributed by atoms with E-state index in [1.54, 1.807) is 0 Å². The minimum Gasteiger partial charge on any atom is -0.325 e. The molecule has 0 heterocycles. The summed E-state index contributed by atoms with van der Waals surface area (Å²) in [5.41, 5.74) is 4.77. The third-order valence-electron chi connectivity index (χ3n) is 3.42. The highest BCUT2D eigenvalue weighted by atomic mass is 19.4. The molecule has 1 nitrogen and oxygen atoms in total. The SMILES string of the molecule is NC1(C(C2CCC2)C(F)(F)F)CC1. The van der Waals surface area contributed by atoms with Gasteiger partial charge < -0.3 is 5.73 Å².